The zero-order valence-electron chi connectivity index (χ0n) is 10.3. The number of nitrogens with zero attached hydrogens (tertiary/aromatic N) is 1. The van der Waals surface area contributed by atoms with Crippen molar-refractivity contribution >= 4 is 0 Å². The van der Waals surface area contributed by atoms with E-state index in [4.69, 9.17) is 5.73 Å². The molecule has 0 amide bonds. The van der Waals surface area contributed by atoms with Gasteiger partial charge in [0.05, 0.1) is 6.61 Å². The third kappa shape index (κ3) is 2.96. The first-order chi connectivity index (χ1) is 7.81. The monoisotopic (exact) mass is 226 g/mol. The van der Waals surface area contributed by atoms with Crippen molar-refractivity contribution in [1.82, 2.24) is 4.90 Å². The van der Waals surface area contributed by atoms with Crippen molar-refractivity contribution in [2.24, 2.45) is 5.73 Å². The number of aliphatic hydroxyl groups excluding tert-OH is 1. The molecule has 0 aromatic heterocycles. The summed E-state index contributed by atoms with van der Waals surface area (Å²) in [6.07, 6.45) is 10.3. The molecule has 0 aromatic carbocycles. The molecule has 0 aliphatic heterocycles. The van der Waals surface area contributed by atoms with Crippen LogP contribution in [-0.2, 0) is 0 Å². The minimum absolute atomic E-state index is 0.294. The summed E-state index contributed by atoms with van der Waals surface area (Å²) >= 11 is 0. The van der Waals surface area contributed by atoms with E-state index in [1.165, 1.54) is 44.9 Å². The van der Waals surface area contributed by atoms with Crippen molar-refractivity contribution < 1.29 is 5.11 Å². The Labute approximate surface area is 99.0 Å². The summed E-state index contributed by atoms with van der Waals surface area (Å²) in [7, 11) is 0. The summed E-state index contributed by atoms with van der Waals surface area (Å²) < 4.78 is 0. The van der Waals surface area contributed by atoms with Crippen molar-refractivity contribution in [1.29, 1.82) is 0 Å². The summed E-state index contributed by atoms with van der Waals surface area (Å²) in [4.78, 5) is 2.56. The van der Waals surface area contributed by atoms with Crippen molar-refractivity contribution in [2.75, 3.05) is 13.2 Å². The Morgan fingerprint density at radius 3 is 2.31 bits per heavy atom. The van der Waals surface area contributed by atoms with E-state index in [-0.39, 0.29) is 0 Å². The Hall–Kier alpha value is -0.120. The molecule has 2 fully saturated rings. The van der Waals surface area contributed by atoms with Gasteiger partial charge in [0.2, 0.25) is 0 Å². The van der Waals surface area contributed by atoms with Gasteiger partial charge in [-0.2, -0.15) is 0 Å². The third-order valence-corrected chi connectivity index (χ3v) is 4.31. The van der Waals surface area contributed by atoms with Crippen molar-refractivity contribution in [3.8, 4) is 0 Å². The fourth-order valence-corrected chi connectivity index (χ4v) is 3.52. The van der Waals surface area contributed by atoms with Gasteiger partial charge in [0.15, 0.2) is 0 Å². The molecular weight excluding hydrogens is 200 g/mol. The molecule has 2 aliphatic carbocycles. The molecule has 94 valence electrons. The first-order valence-electron chi connectivity index (χ1n) is 6.93. The zero-order valence-corrected chi connectivity index (χ0v) is 10.3. The van der Waals surface area contributed by atoms with E-state index in [0.717, 1.165) is 19.0 Å². The Balaban J connectivity index is 1.93. The minimum Gasteiger partial charge on any atom is -0.395 e. The lowest BCUT2D eigenvalue weighted by Crippen LogP contribution is -2.48. The number of nitrogens with two attached hydrogens (primary N) is 1. The molecule has 3 N–H and O–H groups in total. The summed E-state index contributed by atoms with van der Waals surface area (Å²) in [5.41, 5.74) is 6.07. The normalized spacial score (nSPS) is 32.4. The molecule has 0 aromatic rings. The van der Waals surface area contributed by atoms with E-state index in [9.17, 15) is 5.11 Å². The van der Waals surface area contributed by atoms with E-state index in [1.807, 2.05) is 0 Å². The first kappa shape index (κ1) is 12.3. The van der Waals surface area contributed by atoms with Crippen LogP contribution in [0, 0.1) is 0 Å². The van der Waals surface area contributed by atoms with E-state index in [2.05, 4.69) is 4.90 Å². The number of hydrogen-bond donors (Lipinski definition) is 2. The van der Waals surface area contributed by atoms with Crippen molar-refractivity contribution in [3.63, 3.8) is 0 Å². The van der Waals surface area contributed by atoms with Crippen LogP contribution in [0.2, 0.25) is 0 Å². The molecule has 2 unspecified atom stereocenters. The van der Waals surface area contributed by atoms with Crippen LogP contribution in [0.3, 0.4) is 0 Å². The second kappa shape index (κ2) is 5.99. The lowest BCUT2D eigenvalue weighted by Gasteiger charge is -2.40. The quantitative estimate of drug-likeness (QED) is 0.763. The highest BCUT2D eigenvalue weighted by Crippen LogP contribution is 2.30. The molecule has 0 radical (unpaired) electrons. The first-order valence-corrected chi connectivity index (χ1v) is 6.93. The fraction of sp³-hybridized carbons (Fsp3) is 1.00. The molecule has 0 heterocycles. The predicted octanol–water partition coefficient (Wildman–Crippen LogP) is 1.49. The van der Waals surface area contributed by atoms with Crippen LogP contribution in [0.25, 0.3) is 0 Å². The van der Waals surface area contributed by atoms with Gasteiger partial charge in [0.1, 0.15) is 0 Å². The van der Waals surface area contributed by atoms with E-state index < -0.39 is 0 Å². The van der Waals surface area contributed by atoms with Gasteiger partial charge in [-0.25, -0.2) is 0 Å². The molecule has 2 atom stereocenters. The van der Waals surface area contributed by atoms with Gasteiger partial charge in [0, 0.05) is 24.7 Å². The maximum absolute atomic E-state index is 9.22. The third-order valence-electron chi connectivity index (χ3n) is 4.31. The van der Waals surface area contributed by atoms with Gasteiger partial charge in [-0.05, 0) is 32.1 Å². The number of aliphatic hydroxyl groups is 1. The summed E-state index contributed by atoms with van der Waals surface area (Å²) in [6, 6.07) is 1.75. The highest BCUT2D eigenvalue weighted by atomic mass is 16.3. The molecule has 3 nitrogen and oxygen atoms in total. The summed E-state index contributed by atoms with van der Waals surface area (Å²) in [6.45, 7) is 1.14. The maximum atomic E-state index is 9.22. The van der Waals surface area contributed by atoms with Crippen LogP contribution >= 0.6 is 0 Å². The Morgan fingerprint density at radius 2 is 1.69 bits per heavy atom. The van der Waals surface area contributed by atoms with Crippen LogP contribution in [-0.4, -0.2) is 41.3 Å². The average Bonchev–Trinajstić information content (AvgIpc) is 2.79. The minimum atomic E-state index is 0.294. The van der Waals surface area contributed by atoms with Gasteiger partial charge in [-0.15, -0.1) is 0 Å². The van der Waals surface area contributed by atoms with E-state index in [1.54, 1.807) is 0 Å². The number of hydrogen-bond acceptors (Lipinski definition) is 3. The lowest BCUT2D eigenvalue weighted by atomic mass is 9.89. The molecule has 16 heavy (non-hydrogen) atoms. The van der Waals surface area contributed by atoms with Crippen LogP contribution in [0.5, 0.6) is 0 Å². The van der Waals surface area contributed by atoms with Gasteiger partial charge in [-0.3, -0.25) is 4.90 Å². The topological polar surface area (TPSA) is 49.5 Å². The fourth-order valence-electron chi connectivity index (χ4n) is 3.52. The standard InChI is InChI=1S/C13H26N2O/c14-11-4-3-7-13(10-11)15(8-9-16)12-5-1-2-6-12/h11-13,16H,1-10,14H2. The molecule has 2 saturated carbocycles. The molecule has 2 rings (SSSR count). The van der Waals surface area contributed by atoms with Crippen LogP contribution in [0.1, 0.15) is 51.4 Å². The highest BCUT2D eigenvalue weighted by Gasteiger charge is 2.30. The molecule has 2 aliphatic rings. The van der Waals surface area contributed by atoms with Crippen LogP contribution in [0.4, 0.5) is 0 Å². The Kier molecular flexibility index (Phi) is 4.62. The molecule has 0 saturated heterocycles. The Bertz CT molecular complexity index is 204. The van der Waals surface area contributed by atoms with Gasteiger partial charge < -0.3 is 10.8 Å². The predicted molar refractivity (Wildman–Crippen MR) is 66.3 cm³/mol. The Morgan fingerprint density at radius 1 is 1.00 bits per heavy atom. The second-order valence-electron chi connectivity index (χ2n) is 5.48. The summed E-state index contributed by atoms with van der Waals surface area (Å²) in [5.74, 6) is 0. The van der Waals surface area contributed by atoms with Gasteiger partial charge in [-0.1, -0.05) is 19.3 Å². The van der Waals surface area contributed by atoms with Crippen molar-refractivity contribution in [3.05, 3.63) is 0 Å². The second-order valence-corrected chi connectivity index (χ2v) is 5.48. The van der Waals surface area contributed by atoms with Crippen molar-refractivity contribution in [2.45, 2.75) is 69.5 Å². The smallest absolute Gasteiger partial charge is 0.0558 e. The zero-order chi connectivity index (χ0) is 11.4. The molecule has 0 bridgehead atoms. The van der Waals surface area contributed by atoms with Crippen LogP contribution in [0.15, 0.2) is 0 Å². The lowest BCUT2D eigenvalue weighted by molar-refractivity contribution is 0.0779. The van der Waals surface area contributed by atoms with Gasteiger partial charge >= 0.3 is 0 Å². The van der Waals surface area contributed by atoms with Gasteiger partial charge in [0.25, 0.3) is 0 Å². The van der Waals surface area contributed by atoms with E-state index in [0.29, 0.717) is 18.7 Å². The highest BCUT2D eigenvalue weighted by molar-refractivity contribution is 4.87. The van der Waals surface area contributed by atoms with E-state index >= 15 is 0 Å². The van der Waals surface area contributed by atoms with Crippen LogP contribution < -0.4 is 5.73 Å². The molecular formula is C13H26N2O. The maximum Gasteiger partial charge on any atom is 0.0558 e. The average molecular weight is 226 g/mol. The summed E-state index contributed by atoms with van der Waals surface area (Å²) in [5, 5.41) is 9.22. The molecule has 3 heteroatoms. The number of rotatable bonds is 4. The largest absolute Gasteiger partial charge is 0.395 e. The SMILES string of the molecule is NC1CCCC(N(CCO)C2CCCC2)C1. The molecule has 0 spiro atoms.